The minimum Gasteiger partial charge on any atom is -0.345 e. The van der Waals surface area contributed by atoms with Crippen LogP contribution in [0.4, 0.5) is 0 Å². The number of imidazole rings is 1. The summed E-state index contributed by atoms with van der Waals surface area (Å²) < 4.78 is 29.8. The zero-order chi connectivity index (χ0) is 22.4. The molecule has 0 bridgehead atoms. The third kappa shape index (κ3) is 4.11. The molecule has 3 aromatic rings. The van der Waals surface area contributed by atoms with Crippen LogP contribution in [0.3, 0.4) is 0 Å². The van der Waals surface area contributed by atoms with Gasteiger partial charge < -0.3 is 9.47 Å². The van der Waals surface area contributed by atoms with Gasteiger partial charge in [0.25, 0.3) is 0 Å². The molecule has 1 aliphatic heterocycles. The van der Waals surface area contributed by atoms with Gasteiger partial charge in [-0.1, -0.05) is 20.8 Å². The molecule has 3 heterocycles. The summed E-state index contributed by atoms with van der Waals surface area (Å²) in [6, 6.07) is 5.18. The molecule has 1 amide bonds. The van der Waals surface area contributed by atoms with Gasteiger partial charge in [0.2, 0.25) is 16.2 Å². The maximum Gasteiger partial charge on any atom is 0.209 e. The number of aryl methyl sites for hydroxylation is 1. The Kier molecular flexibility index (Phi) is 5.41. The summed E-state index contributed by atoms with van der Waals surface area (Å²) in [6.07, 6.45) is 5.70. The van der Waals surface area contributed by atoms with Crippen LogP contribution in [0.2, 0.25) is 0 Å². The van der Waals surface area contributed by atoms with E-state index in [9.17, 15) is 13.2 Å². The molecule has 1 saturated heterocycles. The van der Waals surface area contributed by atoms with Gasteiger partial charge in [0, 0.05) is 38.3 Å². The molecule has 0 spiro atoms. The Morgan fingerprint density at radius 3 is 2.45 bits per heavy atom. The standard InChI is InChI=1S/C22H29N5O3S/c1-22(2,3)21-24-19-11-17(31(29,30)18-12-23-25(4)14-18)5-6-20(19)27(21)13-16-7-9-26(15-28)10-8-16/h5-6,11-12,14-16H,7-10,13H2,1-4H3. The molecule has 0 radical (unpaired) electrons. The first kappa shape index (κ1) is 21.5. The van der Waals surface area contributed by atoms with Crippen LogP contribution in [-0.2, 0) is 33.6 Å². The number of likely N-dealkylation sites (tertiary alicyclic amines) is 1. The third-order valence-corrected chi connectivity index (χ3v) is 7.64. The third-order valence-electron chi connectivity index (χ3n) is 5.93. The Bertz CT molecular complexity index is 1210. The maximum atomic E-state index is 13.0. The second-order valence-electron chi connectivity index (χ2n) is 9.38. The van der Waals surface area contributed by atoms with Crippen molar-refractivity contribution < 1.29 is 13.2 Å². The van der Waals surface area contributed by atoms with E-state index in [1.54, 1.807) is 19.2 Å². The predicted molar refractivity (Wildman–Crippen MR) is 117 cm³/mol. The number of fused-ring (bicyclic) bond motifs is 1. The monoisotopic (exact) mass is 443 g/mol. The van der Waals surface area contributed by atoms with Crippen LogP contribution in [0.25, 0.3) is 11.0 Å². The summed E-state index contributed by atoms with van der Waals surface area (Å²) >= 11 is 0. The summed E-state index contributed by atoms with van der Waals surface area (Å²) in [6.45, 7) is 8.72. The highest BCUT2D eigenvalue weighted by molar-refractivity contribution is 7.91. The molecule has 1 aromatic carbocycles. The van der Waals surface area contributed by atoms with Gasteiger partial charge in [-0.2, -0.15) is 5.10 Å². The second-order valence-corrected chi connectivity index (χ2v) is 11.3. The number of carbonyl (C=O) groups excluding carboxylic acids is 1. The lowest BCUT2D eigenvalue weighted by molar-refractivity contribution is -0.119. The highest BCUT2D eigenvalue weighted by Gasteiger charge is 2.27. The summed E-state index contributed by atoms with van der Waals surface area (Å²) in [5.74, 6) is 1.39. The number of amides is 1. The predicted octanol–water partition coefficient (Wildman–Crippen LogP) is 2.77. The van der Waals surface area contributed by atoms with Gasteiger partial charge >= 0.3 is 0 Å². The lowest BCUT2D eigenvalue weighted by atomic mass is 9.93. The van der Waals surface area contributed by atoms with Crippen molar-refractivity contribution in [2.24, 2.45) is 13.0 Å². The lowest BCUT2D eigenvalue weighted by Gasteiger charge is -2.31. The molecule has 0 saturated carbocycles. The molecule has 166 valence electrons. The normalized spacial score (nSPS) is 16.2. The number of aromatic nitrogens is 4. The summed E-state index contributed by atoms with van der Waals surface area (Å²) in [7, 11) is -1.96. The van der Waals surface area contributed by atoms with Crippen molar-refractivity contribution in [1.29, 1.82) is 0 Å². The van der Waals surface area contributed by atoms with E-state index in [1.807, 2.05) is 11.0 Å². The molecule has 0 unspecified atom stereocenters. The molecule has 31 heavy (non-hydrogen) atoms. The van der Waals surface area contributed by atoms with E-state index in [1.165, 1.54) is 17.1 Å². The fraction of sp³-hybridized carbons (Fsp3) is 0.500. The minimum atomic E-state index is -3.66. The van der Waals surface area contributed by atoms with Crippen LogP contribution in [0.1, 0.15) is 39.4 Å². The molecule has 1 fully saturated rings. The molecule has 4 rings (SSSR count). The van der Waals surface area contributed by atoms with Crippen LogP contribution in [0.5, 0.6) is 0 Å². The first-order chi connectivity index (χ1) is 14.6. The van der Waals surface area contributed by atoms with E-state index in [-0.39, 0.29) is 15.2 Å². The Morgan fingerprint density at radius 2 is 1.87 bits per heavy atom. The van der Waals surface area contributed by atoms with E-state index >= 15 is 0 Å². The largest absolute Gasteiger partial charge is 0.345 e. The van der Waals surface area contributed by atoms with Crippen LogP contribution >= 0.6 is 0 Å². The van der Waals surface area contributed by atoms with E-state index in [2.05, 4.69) is 30.4 Å². The average molecular weight is 444 g/mol. The number of piperidine rings is 1. The number of rotatable bonds is 5. The van der Waals surface area contributed by atoms with Gasteiger partial charge in [-0.15, -0.1) is 0 Å². The van der Waals surface area contributed by atoms with Crippen LogP contribution in [0, 0.1) is 5.92 Å². The zero-order valence-electron chi connectivity index (χ0n) is 18.4. The zero-order valence-corrected chi connectivity index (χ0v) is 19.3. The Hall–Kier alpha value is -2.68. The Labute approximate surface area is 182 Å². The number of hydrogen-bond donors (Lipinski definition) is 0. The minimum absolute atomic E-state index is 0.173. The first-order valence-electron chi connectivity index (χ1n) is 10.5. The summed E-state index contributed by atoms with van der Waals surface area (Å²) in [5, 5.41) is 3.99. The van der Waals surface area contributed by atoms with Gasteiger partial charge in [0.05, 0.1) is 22.1 Å². The number of carbonyl (C=O) groups is 1. The van der Waals surface area contributed by atoms with E-state index < -0.39 is 9.84 Å². The summed E-state index contributed by atoms with van der Waals surface area (Å²) in [4.78, 5) is 18.1. The van der Waals surface area contributed by atoms with Crippen LogP contribution < -0.4 is 0 Å². The van der Waals surface area contributed by atoms with Crippen molar-refractivity contribution in [2.45, 2.75) is 55.4 Å². The lowest BCUT2D eigenvalue weighted by Crippen LogP contribution is -2.34. The molecule has 1 aliphatic rings. The fourth-order valence-electron chi connectivity index (χ4n) is 4.21. The molecule has 0 atom stereocenters. The molecule has 2 aromatic heterocycles. The van der Waals surface area contributed by atoms with Crippen molar-refractivity contribution in [2.75, 3.05) is 13.1 Å². The molecular formula is C22H29N5O3S. The highest BCUT2D eigenvalue weighted by atomic mass is 32.2. The SMILES string of the molecule is Cn1cc(S(=O)(=O)c2ccc3c(c2)nc(C(C)(C)C)n3CC2CCN(C=O)CC2)cn1. The second kappa shape index (κ2) is 7.78. The quantitative estimate of drug-likeness (QED) is 0.566. The smallest absolute Gasteiger partial charge is 0.209 e. The summed E-state index contributed by atoms with van der Waals surface area (Å²) in [5.41, 5.74) is 1.43. The number of hydrogen-bond acceptors (Lipinski definition) is 5. The first-order valence-corrected chi connectivity index (χ1v) is 12.0. The van der Waals surface area contributed by atoms with Crippen molar-refractivity contribution >= 4 is 27.3 Å². The molecule has 0 N–H and O–H groups in total. The maximum absolute atomic E-state index is 13.0. The van der Waals surface area contributed by atoms with Crippen LogP contribution in [0.15, 0.2) is 40.4 Å². The van der Waals surface area contributed by atoms with Crippen molar-refractivity contribution in [1.82, 2.24) is 24.2 Å². The van der Waals surface area contributed by atoms with Gasteiger partial charge in [-0.25, -0.2) is 13.4 Å². The van der Waals surface area contributed by atoms with E-state index in [4.69, 9.17) is 4.98 Å². The highest BCUT2D eigenvalue weighted by Crippen LogP contribution is 2.31. The molecule has 0 aliphatic carbocycles. The van der Waals surface area contributed by atoms with E-state index in [0.717, 1.165) is 50.2 Å². The molecular weight excluding hydrogens is 414 g/mol. The van der Waals surface area contributed by atoms with Crippen molar-refractivity contribution in [3.05, 3.63) is 36.4 Å². The number of nitrogens with zero attached hydrogens (tertiary/aromatic N) is 5. The van der Waals surface area contributed by atoms with Gasteiger partial charge in [-0.3, -0.25) is 9.48 Å². The topological polar surface area (TPSA) is 90.1 Å². The van der Waals surface area contributed by atoms with E-state index in [0.29, 0.717) is 11.4 Å². The number of sulfone groups is 1. The van der Waals surface area contributed by atoms with Crippen molar-refractivity contribution in [3.8, 4) is 0 Å². The molecule has 9 heteroatoms. The van der Waals surface area contributed by atoms with Gasteiger partial charge in [-0.05, 0) is 37.0 Å². The van der Waals surface area contributed by atoms with Crippen molar-refractivity contribution in [3.63, 3.8) is 0 Å². The number of benzene rings is 1. The van der Waals surface area contributed by atoms with Crippen LogP contribution in [-0.4, -0.2) is 52.1 Å². The Morgan fingerprint density at radius 1 is 1.16 bits per heavy atom. The van der Waals surface area contributed by atoms with Gasteiger partial charge in [0.1, 0.15) is 10.7 Å². The average Bonchev–Trinajstić information content (AvgIpc) is 3.32. The Balaban J connectivity index is 1.73. The molecule has 8 nitrogen and oxygen atoms in total. The fourth-order valence-corrected chi connectivity index (χ4v) is 5.47. The van der Waals surface area contributed by atoms with Gasteiger partial charge in [0.15, 0.2) is 0 Å².